The van der Waals surface area contributed by atoms with E-state index in [9.17, 15) is 14.9 Å². The quantitative estimate of drug-likeness (QED) is 0.451. The SMILES string of the molecule is COc1cc(C(=O)NCCN2CCN(c3cccc(C)c3)CC2)c([N+](=O)[O-])c(OC)c1OC. The van der Waals surface area contributed by atoms with Crippen LogP contribution < -0.4 is 24.4 Å². The second kappa shape index (κ2) is 10.9. The number of nitrogens with zero attached hydrogens (tertiary/aromatic N) is 3. The monoisotopic (exact) mass is 458 g/mol. The Bertz CT molecular complexity index is 1000. The summed E-state index contributed by atoms with van der Waals surface area (Å²) in [7, 11) is 4.02. The van der Waals surface area contributed by atoms with Crippen molar-refractivity contribution in [3.8, 4) is 17.2 Å². The number of benzene rings is 2. The molecule has 33 heavy (non-hydrogen) atoms. The van der Waals surface area contributed by atoms with Crippen molar-refractivity contribution in [2.75, 3.05) is 65.5 Å². The third-order valence-corrected chi connectivity index (χ3v) is 5.68. The van der Waals surface area contributed by atoms with Gasteiger partial charge in [-0.15, -0.1) is 0 Å². The molecule has 0 spiro atoms. The topological polar surface area (TPSA) is 106 Å². The van der Waals surface area contributed by atoms with Gasteiger partial charge in [-0.25, -0.2) is 0 Å². The second-order valence-corrected chi connectivity index (χ2v) is 7.72. The lowest BCUT2D eigenvalue weighted by atomic mass is 10.1. The molecular weight excluding hydrogens is 428 g/mol. The molecule has 0 radical (unpaired) electrons. The van der Waals surface area contributed by atoms with Crippen LogP contribution in [0.5, 0.6) is 17.2 Å². The summed E-state index contributed by atoms with van der Waals surface area (Å²) in [5.74, 6) is -0.481. The first kappa shape index (κ1) is 24.1. The van der Waals surface area contributed by atoms with E-state index in [0.717, 1.165) is 26.2 Å². The number of rotatable bonds is 9. The average molecular weight is 459 g/mol. The van der Waals surface area contributed by atoms with Gasteiger partial charge in [0.05, 0.1) is 26.3 Å². The van der Waals surface area contributed by atoms with E-state index in [0.29, 0.717) is 13.1 Å². The molecule has 1 heterocycles. The highest BCUT2D eigenvalue weighted by atomic mass is 16.6. The smallest absolute Gasteiger partial charge is 0.327 e. The summed E-state index contributed by atoms with van der Waals surface area (Å²) in [4.78, 5) is 28.5. The predicted octanol–water partition coefficient (Wildman–Crippen LogP) is 2.48. The number of ether oxygens (including phenoxy) is 3. The number of hydrogen-bond donors (Lipinski definition) is 1. The molecule has 1 fully saturated rings. The Morgan fingerprint density at radius 3 is 2.33 bits per heavy atom. The first-order valence-electron chi connectivity index (χ1n) is 10.7. The molecular formula is C23H30N4O6. The molecule has 0 aliphatic carbocycles. The van der Waals surface area contributed by atoms with Gasteiger partial charge in [-0.05, 0) is 24.6 Å². The van der Waals surface area contributed by atoms with E-state index >= 15 is 0 Å². The molecule has 2 aromatic rings. The van der Waals surface area contributed by atoms with Crippen molar-refractivity contribution in [1.82, 2.24) is 10.2 Å². The van der Waals surface area contributed by atoms with E-state index in [2.05, 4.69) is 46.3 Å². The highest BCUT2D eigenvalue weighted by Gasteiger charge is 2.32. The summed E-state index contributed by atoms with van der Waals surface area (Å²) in [5, 5.41) is 14.5. The molecule has 1 saturated heterocycles. The molecule has 3 rings (SSSR count). The number of nitro benzene ring substituents is 1. The first-order valence-corrected chi connectivity index (χ1v) is 10.7. The van der Waals surface area contributed by atoms with Crippen molar-refractivity contribution in [3.05, 3.63) is 51.6 Å². The summed E-state index contributed by atoms with van der Waals surface area (Å²) in [6.45, 7) is 6.62. The van der Waals surface area contributed by atoms with Gasteiger partial charge in [0.25, 0.3) is 5.91 Å². The van der Waals surface area contributed by atoms with Gasteiger partial charge in [-0.2, -0.15) is 0 Å². The number of aryl methyl sites for hydroxylation is 1. The molecule has 1 N–H and O–H groups in total. The Kier molecular flexibility index (Phi) is 7.94. The number of nitro groups is 1. The Labute approximate surface area is 193 Å². The Hall–Kier alpha value is -3.53. The fraction of sp³-hybridized carbons (Fsp3) is 0.435. The largest absolute Gasteiger partial charge is 0.493 e. The van der Waals surface area contributed by atoms with Crippen LogP contribution in [0.3, 0.4) is 0 Å². The Balaban J connectivity index is 1.62. The summed E-state index contributed by atoms with van der Waals surface area (Å²) in [6, 6.07) is 9.75. The minimum absolute atomic E-state index is 0.0646. The molecule has 1 amide bonds. The number of nitrogens with one attached hydrogen (secondary N) is 1. The molecule has 10 heteroatoms. The van der Waals surface area contributed by atoms with Crippen molar-refractivity contribution in [2.24, 2.45) is 0 Å². The number of carbonyl (C=O) groups is 1. The fourth-order valence-electron chi connectivity index (χ4n) is 3.97. The van der Waals surface area contributed by atoms with Crippen molar-refractivity contribution in [1.29, 1.82) is 0 Å². The average Bonchev–Trinajstić information content (AvgIpc) is 2.82. The van der Waals surface area contributed by atoms with Gasteiger partial charge >= 0.3 is 5.69 Å². The zero-order valence-electron chi connectivity index (χ0n) is 19.4. The molecule has 1 aliphatic heterocycles. The second-order valence-electron chi connectivity index (χ2n) is 7.72. The molecule has 1 aliphatic rings. The van der Waals surface area contributed by atoms with Crippen molar-refractivity contribution >= 4 is 17.3 Å². The van der Waals surface area contributed by atoms with Crippen LogP contribution in [0.15, 0.2) is 30.3 Å². The normalized spacial score (nSPS) is 14.0. The third kappa shape index (κ3) is 5.46. The van der Waals surface area contributed by atoms with Gasteiger partial charge in [-0.3, -0.25) is 19.8 Å². The van der Waals surface area contributed by atoms with Gasteiger partial charge in [0, 0.05) is 51.0 Å². The van der Waals surface area contributed by atoms with Gasteiger partial charge in [0.1, 0.15) is 5.56 Å². The number of carbonyl (C=O) groups excluding carboxylic acids is 1. The first-order chi connectivity index (χ1) is 15.9. The zero-order chi connectivity index (χ0) is 24.0. The van der Waals surface area contributed by atoms with Crippen molar-refractivity contribution < 1.29 is 23.9 Å². The number of methoxy groups -OCH3 is 3. The van der Waals surface area contributed by atoms with Gasteiger partial charge in [0.15, 0.2) is 5.75 Å². The fourth-order valence-corrected chi connectivity index (χ4v) is 3.97. The van der Waals surface area contributed by atoms with E-state index < -0.39 is 16.5 Å². The van der Waals surface area contributed by atoms with E-state index in [-0.39, 0.29) is 22.8 Å². The summed E-state index contributed by atoms with van der Waals surface area (Å²) in [6.07, 6.45) is 0. The zero-order valence-corrected chi connectivity index (χ0v) is 19.4. The lowest BCUT2D eigenvalue weighted by Crippen LogP contribution is -2.48. The van der Waals surface area contributed by atoms with Gasteiger partial charge in [0.2, 0.25) is 11.5 Å². The van der Waals surface area contributed by atoms with E-state index in [1.807, 2.05) is 0 Å². The van der Waals surface area contributed by atoms with E-state index in [4.69, 9.17) is 14.2 Å². The third-order valence-electron chi connectivity index (χ3n) is 5.68. The Morgan fingerprint density at radius 1 is 1.06 bits per heavy atom. The lowest BCUT2D eigenvalue weighted by molar-refractivity contribution is -0.386. The highest BCUT2D eigenvalue weighted by Crippen LogP contribution is 2.46. The molecule has 2 aromatic carbocycles. The molecule has 0 unspecified atom stereocenters. The van der Waals surface area contributed by atoms with Crippen molar-refractivity contribution in [3.63, 3.8) is 0 Å². The van der Waals surface area contributed by atoms with Gasteiger partial charge < -0.3 is 24.4 Å². The molecule has 0 bridgehead atoms. The van der Waals surface area contributed by atoms with Crippen LogP contribution in [0.2, 0.25) is 0 Å². The molecule has 0 atom stereocenters. The number of amides is 1. The van der Waals surface area contributed by atoms with Crippen LogP contribution in [0.4, 0.5) is 11.4 Å². The van der Waals surface area contributed by atoms with Gasteiger partial charge in [-0.1, -0.05) is 12.1 Å². The maximum Gasteiger partial charge on any atom is 0.327 e. The van der Waals surface area contributed by atoms with Crippen LogP contribution in [-0.4, -0.2) is 76.3 Å². The minimum atomic E-state index is -0.653. The highest BCUT2D eigenvalue weighted by molar-refractivity contribution is 6.00. The van der Waals surface area contributed by atoms with Crippen molar-refractivity contribution in [2.45, 2.75) is 6.92 Å². The minimum Gasteiger partial charge on any atom is -0.493 e. The summed E-state index contributed by atoms with van der Waals surface area (Å²) >= 11 is 0. The summed E-state index contributed by atoms with van der Waals surface area (Å²) in [5.41, 5.74) is 1.86. The van der Waals surface area contributed by atoms with Crippen LogP contribution in [0, 0.1) is 17.0 Å². The predicted molar refractivity (Wildman–Crippen MR) is 125 cm³/mol. The number of anilines is 1. The molecule has 0 saturated carbocycles. The van der Waals surface area contributed by atoms with E-state index in [1.54, 1.807) is 0 Å². The number of piperazine rings is 1. The van der Waals surface area contributed by atoms with Crippen LogP contribution >= 0.6 is 0 Å². The van der Waals surface area contributed by atoms with Crippen LogP contribution in [-0.2, 0) is 0 Å². The molecule has 178 valence electrons. The Morgan fingerprint density at radius 2 is 1.76 bits per heavy atom. The molecule has 0 aromatic heterocycles. The molecule has 10 nitrogen and oxygen atoms in total. The van der Waals surface area contributed by atoms with Crippen LogP contribution in [0.1, 0.15) is 15.9 Å². The lowest BCUT2D eigenvalue weighted by Gasteiger charge is -2.36. The standard InChI is InChI=1S/C23H30N4O6/c1-16-6-5-7-17(14-16)26-12-10-25(11-13-26)9-8-24-23(28)18-15-19(31-2)21(32-3)22(33-4)20(18)27(29)30/h5-7,14-15H,8-13H2,1-4H3,(H,24,28). The van der Waals surface area contributed by atoms with E-state index in [1.165, 1.54) is 38.6 Å². The van der Waals surface area contributed by atoms with Crippen LogP contribution in [0.25, 0.3) is 0 Å². The summed E-state index contributed by atoms with van der Waals surface area (Å²) < 4.78 is 15.6. The maximum absolute atomic E-state index is 12.8. The maximum atomic E-state index is 12.8. The number of hydrogen-bond acceptors (Lipinski definition) is 8.